The summed E-state index contributed by atoms with van der Waals surface area (Å²) in [4.78, 5) is 40.4. The topological polar surface area (TPSA) is 109 Å². The van der Waals surface area contributed by atoms with Crippen LogP contribution in [0.5, 0.6) is 17.2 Å². The molecule has 1 spiro atoms. The summed E-state index contributed by atoms with van der Waals surface area (Å²) in [5.41, 5.74) is -0.0916. The molecule has 1 N–H and O–H groups in total. The van der Waals surface area contributed by atoms with Gasteiger partial charge in [-0.1, -0.05) is 18.5 Å². The highest BCUT2D eigenvalue weighted by atomic mass is 35.5. The average Bonchev–Trinajstić information content (AvgIpc) is 3.35. The Morgan fingerprint density at radius 3 is 2.55 bits per heavy atom. The van der Waals surface area contributed by atoms with Crippen molar-refractivity contribution in [2.45, 2.75) is 31.3 Å². The smallest absolute Gasteiger partial charge is 0.236 e. The van der Waals surface area contributed by atoms with Gasteiger partial charge in [0.05, 0.1) is 20.4 Å². The number of Topliss-reactive ketones (excluding diaryl/α,β-unsaturated/α-hetero) is 2. The monoisotopic (exact) mass is 471 g/mol. The van der Waals surface area contributed by atoms with Crippen LogP contribution in [0.4, 0.5) is 0 Å². The van der Waals surface area contributed by atoms with E-state index in [9.17, 15) is 14.4 Å². The molecule has 0 bridgehead atoms. The number of hydrogen-bond acceptors (Lipinski definition) is 7. The van der Waals surface area contributed by atoms with E-state index < -0.39 is 29.0 Å². The van der Waals surface area contributed by atoms with Crippen molar-refractivity contribution in [3.05, 3.63) is 45.9 Å². The second-order valence-electron chi connectivity index (χ2n) is 8.54. The third kappa shape index (κ3) is 2.84. The third-order valence-electron chi connectivity index (χ3n) is 6.69. The van der Waals surface area contributed by atoms with Gasteiger partial charge in [0, 0.05) is 48.8 Å². The average molecular weight is 472 g/mol. The Balaban J connectivity index is 1.67. The highest BCUT2D eigenvalue weighted by Gasteiger charge is 2.63. The van der Waals surface area contributed by atoms with Gasteiger partial charge in [0.15, 0.2) is 5.75 Å². The number of allylic oxidation sites excluding steroid dienone is 1. The number of methoxy groups -OCH3 is 2. The van der Waals surface area contributed by atoms with Crippen molar-refractivity contribution < 1.29 is 28.6 Å². The van der Waals surface area contributed by atoms with E-state index >= 15 is 0 Å². The maximum Gasteiger partial charge on any atom is 0.236 e. The van der Waals surface area contributed by atoms with Crippen LogP contribution in [-0.2, 0) is 16.6 Å². The lowest BCUT2D eigenvalue weighted by Gasteiger charge is -2.41. The van der Waals surface area contributed by atoms with Crippen molar-refractivity contribution >= 4 is 29.1 Å². The van der Waals surface area contributed by atoms with E-state index in [2.05, 4.69) is 10.4 Å². The molecule has 5 rings (SSSR count). The minimum atomic E-state index is -1.81. The Labute approximate surface area is 194 Å². The second kappa shape index (κ2) is 7.34. The number of halogens is 1. The van der Waals surface area contributed by atoms with Crippen molar-refractivity contribution in [2.24, 2.45) is 13.0 Å². The molecule has 3 atom stereocenters. The lowest BCUT2D eigenvalue weighted by molar-refractivity contribution is -0.131. The van der Waals surface area contributed by atoms with Crippen LogP contribution in [0.25, 0.3) is 0 Å². The zero-order valence-corrected chi connectivity index (χ0v) is 19.3. The van der Waals surface area contributed by atoms with Crippen LogP contribution in [0.15, 0.2) is 29.7 Å². The maximum atomic E-state index is 14.1. The van der Waals surface area contributed by atoms with Crippen molar-refractivity contribution in [3.8, 4) is 17.2 Å². The van der Waals surface area contributed by atoms with Crippen molar-refractivity contribution in [1.82, 2.24) is 15.1 Å². The summed E-state index contributed by atoms with van der Waals surface area (Å²) in [6, 6.07) is 1.50. The van der Waals surface area contributed by atoms with Crippen molar-refractivity contribution in [3.63, 3.8) is 0 Å². The molecule has 0 radical (unpaired) electrons. The first kappa shape index (κ1) is 21.5. The molecule has 1 aliphatic carbocycles. The Morgan fingerprint density at radius 2 is 1.91 bits per heavy atom. The SMILES string of the molecule is COc1cc(OC)c2c(c1Cl)O[C@@]1(C(=O)C3=C(C[C@H]1C)NC(=O)C[C@H]3c1cnn(C)c1)C2=O. The number of aryl methyl sites for hydroxylation is 1. The number of nitrogens with one attached hydrogen (secondary N) is 1. The first-order valence-corrected chi connectivity index (χ1v) is 10.8. The van der Waals surface area contributed by atoms with Crippen LogP contribution in [0, 0.1) is 5.92 Å². The number of aromatic nitrogens is 2. The normalized spacial score (nSPS) is 26.2. The van der Waals surface area contributed by atoms with E-state index in [1.165, 1.54) is 20.3 Å². The van der Waals surface area contributed by atoms with Gasteiger partial charge in [0.1, 0.15) is 22.1 Å². The molecular weight excluding hydrogens is 450 g/mol. The van der Waals surface area contributed by atoms with Gasteiger partial charge in [-0.3, -0.25) is 19.1 Å². The van der Waals surface area contributed by atoms with Gasteiger partial charge in [0.25, 0.3) is 0 Å². The molecule has 1 aromatic carbocycles. The minimum absolute atomic E-state index is 0.0692. The standard InChI is InChI=1S/C23H22ClN3O6/c1-10-5-13-17(12(6-16(28)26-13)11-8-25-27(2)9-11)21(29)23(10)22(30)18-14(31-3)7-15(32-4)19(24)20(18)33-23/h7-10,12H,5-6H2,1-4H3,(H,26,28)/t10-,12+,23+/m1/s1. The molecule has 2 aliphatic heterocycles. The first-order valence-electron chi connectivity index (χ1n) is 10.5. The molecule has 172 valence electrons. The predicted octanol–water partition coefficient (Wildman–Crippen LogP) is 2.57. The molecule has 0 unspecified atom stereocenters. The molecular formula is C23H22ClN3O6. The van der Waals surface area contributed by atoms with Crippen molar-refractivity contribution in [1.29, 1.82) is 0 Å². The van der Waals surface area contributed by atoms with Gasteiger partial charge < -0.3 is 19.5 Å². The number of hydrogen-bond donors (Lipinski definition) is 1. The molecule has 0 saturated carbocycles. The number of carbonyl (C=O) groups excluding carboxylic acids is 3. The third-order valence-corrected chi connectivity index (χ3v) is 7.04. The lowest BCUT2D eigenvalue weighted by atomic mass is 9.66. The van der Waals surface area contributed by atoms with E-state index in [1.807, 2.05) is 0 Å². The van der Waals surface area contributed by atoms with E-state index in [1.54, 1.807) is 31.0 Å². The Bertz CT molecular complexity index is 1270. The molecule has 2 aromatic rings. The summed E-state index contributed by atoms with van der Waals surface area (Å²) in [5, 5.41) is 7.12. The number of ketones is 2. The summed E-state index contributed by atoms with van der Waals surface area (Å²) >= 11 is 6.48. The molecule has 33 heavy (non-hydrogen) atoms. The fourth-order valence-electron chi connectivity index (χ4n) is 5.09. The number of benzene rings is 1. The van der Waals surface area contributed by atoms with Crippen LogP contribution in [0.2, 0.25) is 5.02 Å². The molecule has 10 heteroatoms. The maximum absolute atomic E-state index is 14.1. The second-order valence-corrected chi connectivity index (χ2v) is 8.92. The Kier molecular flexibility index (Phi) is 4.79. The zero-order valence-electron chi connectivity index (χ0n) is 18.5. The summed E-state index contributed by atoms with van der Waals surface area (Å²) < 4.78 is 18.5. The molecule has 9 nitrogen and oxygen atoms in total. The summed E-state index contributed by atoms with van der Waals surface area (Å²) in [7, 11) is 4.62. The fraction of sp³-hybridized carbons (Fsp3) is 0.391. The summed E-state index contributed by atoms with van der Waals surface area (Å²) in [6.07, 6.45) is 3.74. The number of carbonyl (C=O) groups is 3. The molecule has 0 saturated heterocycles. The van der Waals surface area contributed by atoms with Gasteiger partial charge in [-0.05, 0) is 12.0 Å². The van der Waals surface area contributed by atoms with Gasteiger partial charge >= 0.3 is 0 Å². The van der Waals surface area contributed by atoms with Crippen LogP contribution < -0.4 is 19.5 Å². The lowest BCUT2D eigenvalue weighted by Crippen LogP contribution is -2.59. The van der Waals surface area contributed by atoms with Crippen LogP contribution >= 0.6 is 11.6 Å². The van der Waals surface area contributed by atoms with Gasteiger partial charge in [-0.25, -0.2) is 0 Å². The molecule has 3 aliphatic rings. The molecule has 3 heterocycles. The number of fused-ring (bicyclic) bond motifs is 1. The Hall–Kier alpha value is -3.33. The predicted molar refractivity (Wildman–Crippen MR) is 117 cm³/mol. The largest absolute Gasteiger partial charge is 0.496 e. The summed E-state index contributed by atoms with van der Waals surface area (Å²) in [5.74, 6) is -1.72. The van der Waals surface area contributed by atoms with E-state index in [0.717, 1.165) is 5.56 Å². The highest BCUT2D eigenvalue weighted by molar-refractivity contribution is 6.36. The zero-order chi connectivity index (χ0) is 23.7. The fourth-order valence-corrected chi connectivity index (χ4v) is 5.36. The van der Waals surface area contributed by atoms with Crippen LogP contribution in [0.3, 0.4) is 0 Å². The molecule has 0 fully saturated rings. The Morgan fingerprint density at radius 1 is 1.18 bits per heavy atom. The number of nitrogens with zero attached hydrogens (tertiary/aromatic N) is 2. The van der Waals surface area contributed by atoms with E-state index in [0.29, 0.717) is 11.3 Å². The van der Waals surface area contributed by atoms with E-state index in [4.69, 9.17) is 25.8 Å². The van der Waals surface area contributed by atoms with Crippen LogP contribution in [0.1, 0.15) is 41.6 Å². The first-order chi connectivity index (χ1) is 15.7. The molecule has 1 aromatic heterocycles. The van der Waals surface area contributed by atoms with Crippen molar-refractivity contribution in [2.75, 3.05) is 14.2 Å². The number of amides is 1. The quantitative estimate of drug-likeness (QED) is 0.685. The number of rotatable bonds is 3. The van der Waals surface area contributed by atoms with E-state index in [-0.39, 0.29) is 46.6 Å². The van der Waals surface area contributed by atoms with Gasteiger partial charge in [0.2, 0.25) is 23.1 Å². The van der Waals surface area contributed by atoms with Gasteiger partial charge in [-0.15, -0.1) is 0 Å². The highest BCUT2D eigenvalue weighted by Crippen LogP contribution is 2.55. The summed E-state index contributed by atoms with van der Waals surface area (Å²) in [6.45, 7) is 1.75. The molecule has 1 amide bonds. The number of ether oxygens (including phenoxy) is 3. The van der Waals surface area contributed by atoms with Gasteiger partial charge in [-0.2, -0.15) is 5.10 Å². The minimum Gasteiger partial charge on any atom is -0.496 e. The van der Waals surface area contributed by atoms with Crippen LogP contribution in [-0.4, -0.2) is 47.1 Å².